The van der Waals surface area contributed by atoms with Gasteiger partial charge in [-0.15, -0.1) is 10.2 Å². The molecular formula is C23H20FN5O3S2. The molecule has 1 heterocycles. The van der Waals surface area contributed by atoms with Gasteiger partial charge in [0.2, 0.25) is 15.9 Å². The first-order valence-corrected chi connectivity index (χ1v) is 12.6. The van der Waals surface area contributed by atoms with Crippen LogP contribution in [0.3, 0.4) is 0 Å². The smallest absolute Gasteiger partial charge is 0.238 e. The summed E-state index contributed by atoms with van der Waals surface area (Å²) in [5.74, 6) is -0.555. The minimum absolute atomic E-state index is 0.0408. The van der Waals surface area contributed by atoms with Crippen molar-refractivity contribution in [3.63, 3.8) is 0 Å². The number of carbonyl (C=O) groups excluding carboxylic acids is 1. The molecule has 8 nitrogen and oxygen atoms in total. The maximum absolute atomic E-state index is 14.5. The number of thioether (sulfide) groups is 1. The van der Waals surface area contributed by atoms with Gasteiger partial charge in [0, 0.05) is 11.4 Å². The van der Waals surface area contributed by atoms with E-state index < -0.39 is 15.8 Å². The van der Waals surface area contributed by atoms with Crippen LogP contribution in [0.4, 0.5) is 10.1 Å². The number of sulfonamides is 1. The molecule has 0 saturated carbocycles. The maximum atomic E-state index is 14.5. The lowest BCUT2D eigenvalue weighted by molar-refractivity contribution is -0.113. The van der Waals surface area contributed by atoms with Crippen LogP contribution in [0.15, 0.2) is 82.8 Å². The summed E-state index contributed by atoms with van der Waals surface area (Å²) in [7, 11) is -3.92. The number of amides is 1. The highest BCUT2D eigenvalue weighted by Crippen LogP contribution is 2.29. The molecule has 0 spiro atoms. The Labute approximate surface area is 200 Å². The van der Waals surface area contributed by atoms with Gasteiger partial charge >= 0.3 is 0 Å². The number of hydrogen-bond donors (Lipinski definition) is 2. The molecule has 0 aliphatic carbocycles. The summed E-state index contributed by atoms with van der Waals surface area (Å²) in [5.41, 5.74) is 1.78. The largest absolute Gasteiger partial charge is 0.325 e. The average molecular weight is 498 g/mol. The fourth-order valence-corrected chi connectivity index (χ4v) is 4.86. The van der Waals surface area contributed by atoms with E-state index in [-0.39, 0.29) is 22.1 Å². The third-order valence-electron chi connectivity index (χ3n) is 4.87. The van der Waals surface area contributed by atoms with Gasteiger partial charge in [0.1, 0.15) is 5.82 Å². The Morgan fingerprint density at radius 1 is 1.06 bits per heavy atom. The van der Waals surface area contributed by atoms with E-state index >= 15 is 0 Å². The second-order valence-corrected chi connectivity index (χ2v) is 9.79. The van der Waals surface area contributed by atoms with Gasteiger partial charge in [0.05, 0.1) is 16.2 Å². The van der Waals surface area contributed by atoms with E-state index in [0.29, 0.717) is 27.9 Å². The Balaban J connectivity index is 1.58. The second kappa shape index (κ2) is 9.75. The van der Waals surface area contributed by atoms with Crippen LogP contribution < -0.4 is 10.5 Å². The zero-order valence-electron chi connectivity index (χ0n) is 18.0. The van der Waals surface area contributed by atoms with Gasteiger partial charge in [-0.05, 0) is 48.9 Å². The lowest BCUT2D eigenvalue weighted by Gasteiger charge is -2.11. The number of rotatable bonds is 7. The molecule has 4 aromatic rings. The Kier molecular flexibility index (Phi) is 6.77. The molecule has 11 heteroatoms. The molecule has 0 aliphatic rings. The molecule has 0 radical (unpaired) electrons. The van der Waals surface area contributed by atoms with Crippen LogP contribution in [0.2, 0.25) is 0 Å². The number of carbonyl (C=O) groups is 1. The fraction of sp³-hybridized carbons (Fsp3) is 0.0870. The number of primary sulfonamides is 1. The highest BCUT2D eigenvalue weighted by atomic mass is 32.2. The summed E-state index contributed by atoms with van der Waals surface area (Å²) in [4.78, 5) is 12.5. The van der Waals surface area contributed by atoms with Crippen molar-refractivity contribution in [3.8, 4) is 17.1 Å². The van der Waals surface area contributed by atoms with Gasteiger partial charge < -0.3 is 5.32 Å². The van der Waals surface area contributed by atoms with E-state index in [1.54, 1.807) is 41.8 Å². The monoisotopic (exact) mass is 497 g/mol. The minimum atomic E-state index is -3.92. The molecule has 1 aromatic heterocycles. The second-order valence-electron chi connectivity index (χ2n) is 7.32. The minimum Gasteiger partial charge on any atom is -0.325 e. The van der Waals surface area contributed by atoms with Crippen LogP contribution in [0.5, 0.6) is 0 Å². The van der Waals surface area contributed by atoms with Gasteiger partial charge in [-0.2, -0.15) is 0 Å². The molecule has 0 aliphatic heterocycles. The topological polar surface area (TPSA) is 120 Å². The van der Waals surface area contributed by atoms with Gasteiger partial charge in [-0.3, -0.25) is 9.36 Å². The number of nitrogens with zero attached hydrogens (tertiary/aromatic N) is 3. The van der Waals surface area contributed by atoms with Crippen molar-refractivity contribution in [3.05, 3.63) is 84.2 Å². The van der Waals surface area contributed by atoms with E-state index in [9.17, 15) is 17.6 Å². The third kappa shape index (κ3) is 5.16. The van der Waals surface area contributed by atoms with Crippen molar-refractivity contribution < 1.29 is 17.6 Å². The van der Waals surface area contributed by atoms with Crippen molar-refractivity contribution >= 4 is 33.4 Å². The molecule has 0 bridgehead atoms. The number of halogens is 1. The van der Waals surface area contributed by atoms with Crippen molar-refractivity contribution in [2.24, 2.45) is 5.14 Å². The van der Waals surface area contributed by atoms with Crippen LogP contribution in [0.25, 0.3) is 17.1 Å². The number of nitrogens with one attached hydrogen (secondary N) is 1. The number of benzene rings is 3. The van der Waals surface area contributed by atoms with Crippen LogP contribution in [-0.4, -0.2) is 34.8 Å². The molecule has 1 amide bonds. The molecule has 34 heavy (non-hydrogen) atoms. The summed E-state index contributed by atoms with van der Waals surface area (Å²) in [6.45, 7) is 1.62. The number of nitrogens with two attached hydrogens (primary N) is 1. The number of hydrogen-bond acceptors (Lipinski definition) is 6. The first-order valence-electron chi connectivity index (χ1n) is 10.1. The van der Waals surface area contributed by atoms with Gasteiger partial charge in [0.15, 0.2) is 11.0 Å². The molecule has 0 fully saturated rings. The number of anilines is 1. The number of aryl methyl sites for hydroxylation is 1. The molecule has 3 aromatic carbocycles. The molecular weight excluding hydrogens is 477 g/mol. The Morgan fingerprint density at radius 3 is 2.47 bits per heavy atom. The van der Waals surface area contributed by atoms with Crippen molar-refractivity contribution in [2.45, 2.75) is 17.0 Å². The predicted octanol–water partition coefficient (Wildman–Crippen LogP) is 3.76. The van der Waals surface area contributed by atoms with Gasteiger partial charge in [-0.1, -0.05) is 48.2 Å². The summed E-state index contributed by atoms with van der Waals surface area (Å²) < 4.78 is 39.6. The Hall–Kier alpha value is -3.54. The van der Waals surface area contributed by atoms with E-state index in [2.05, 4.69) is 15.5 Å². The number of para-hydroxylation sites is 1. The zero-order valence-corrected chi connectivity index (χ0v) is 19.6. The molecule has 3 N–H and O–H groups in total. The summed E-state index contributed by atoms with van der Waals surface area (Å²) in [5, 5.41) is 16.6. The quantitative estimate of drug-likeness (QED) is 0.375. The average Bonchev–Trinajstić information content (AvgIpc) is 3.23. The van der Waals surface area contributed by atoms with Crippen LogP contribution >= 0.6 is 11.8 Å². The highest BCUT2D eigenvalue weighted by molar-refractivity contribution is 7.99. The molecule has 174 valence electrons. The molecule has 0 atom stereocenters. The predicted molar refractivity (Wildman–Crippen MR) is 129 cm³/mol. The highest BCUT2D eigenvalue weighted by Gasteiger charge is 2.20. The SMILES string of the molecule is Cc1ccc(NC(=O)CSc2nnc(-c3ccccc3F)n2-c2ccccc2)cc1S(N)(=O)=O. The van der Waals surface area contributed by atoms with Crippen LogP contribution in [0, 0.1) is 12.7 Å². The molecule has 4 rings (SSSR count). The normalized spacial score (nSPS) is 11.4. The first kappa shape index (κ1) is 23.6. The van der Waals surface area contributed by atoms with Crippen LogP contribution in [0.1, 0.15) is 5.56 Å². The first-order chi connectivity index (χ1) is 16.2. The van der Waals surface area contributed by atoms with Gasteiger partial charge in [-0.25, -0.2) is 17.9 Å². The van der Waals surface area contributed by atoms with E-state index in [4.69, 9.17) is 5.14 Å². The summed E-state index contributed by atoms with van der Waals surface area (Å²) >= 11 is 1.12. The summed E-state index contributed by atoms with van der Waals surface area (Å²) in [6, 6.07) is 19.9. The van der Waals surface area contributed by atoms with Crippen LogP contribution in [-0.2, 0) is 14.8 Å². The summed E-state index contributed by atoms with van der Waals surface area (Å²) in [6.07, 6.45) is 0. The van der Waals surface area contributed by atoms with Gasteiger partial charge in [0.25, 0.3) is 0 Å². The number of aromatic nitrogens is 3. The lowest BCUT2D eigenvalue weighted by Crippen LogP contribution is -2.17. The van der Waals surface area contributed by atoms with Crippen molar-refractivity contribution in [1.82, 2.24) is 14.8 Å². The maximum Gasteiger partial charge on any atom is 0.238 e. The molecule has 0 saturated heterocycles. The van der Waals surface area contributed by atoms with E-state index in [1.807, 2.05) is 30.3 Å². The fourth-order valence-electron chi connectivity index (χ4n) is 3.30. The van der Waals surface area contributed by atoms with E-state index in [1.165, 1.54) is 12.1 Å². The Morgan fingerprint density at radius 2 is 1.76 bits per heavy atom. The Bertz CT molecular complexity index is 1460. The van der Waals surface area contributed by atoms with Crippen molar-refractivity contribution in [1.29, 1.82) is 0 Å². The standard InChI is InChI=1S/C23H20FN5O3S2/c1-15-11-12-16(13-20(15)34(25,31)32)26-21(30)14-33-23-28-27-22(18-9-5-6-10-19(18)24)29(23)17-7-3-2-4-8-17/h2-13H,14H2,1H3,(H,26,30)(H2,25,31,32). The lowest BCUT2D eigenvalue weighted by atomic mass is 10.2. The van der Waals surface area contributed by atoms with Crippen molar-refractivity contribution in [2.75, 3.05) is 11.1 Å². The zero-order chi connectivity index (χ0) is 24.3. The third-order valence-corrected chi connectivity index (χ3v) is 6.86. The van der Waals surface area contributed by atoms with E-state index in [0.717, 1.165) is 11.8 Å². The molecule has 0 unspecified atom stereocenters.